The van der Waals surface area contributed by atoms with Gasteiger partial charge in [-0.2, -0.15) is 0 Å². The van der Waals surface area contributed by atoms with Crippen molar-refractivity contribution in [2.24, 2.45) is 5.16 Å². The molecule has 5 nitrogen and oxygen atoms in total. The van der Waals surface area contributed by atoms with E-state index in [1.54, 1.807) is 0 Å². The van der Waals surface area contributed by atoms with Crippen LogP contribution in [0.2, 0.25) is 0 Å². The molecular weight excluding hydrogens is 244 g/mol. The predicted molar refractivity (Wildman–Crippen MR) is 64.3 cm³/mol. The molecule has 0 fully saturated rings. The molecule has 0 unspecified atom stereocenters. The van der Waals surface area contributed by atoms with Gasteiger partial charge in [0.2, 0.25) is 0 Å². The molecule has 0 aromatic heterocycles. The molecule has 17 heavy (non-hydrogen) atoms. The molecule has 0 radical (unpaired) electrons. The summed E-state index contributed by atoms with van der Waals surface area (Å²) in [5.41, 5.74) is 0.914. The van der Waals surface area contributed by atoms with Crippen molar-refractivity contribution in [2.45, 2.75) is 13.0 Å². The highest BCUT2D eigenvalue weighted by Crippen LogP contribution is 2.00. The number of nitrogens with one attached hydrogen (secondary N) is 1. The smallest absolute Gasteiger partial charge is 0.407 e. The van der Waals surface area contributed by atoms with Crippen molar-refractivity contribution in [3.05, 3.63) is 35.9 Å². The number of carbonyl (C=O) groups is 1. The summed E-state index contributed by atoms with van der Waals surface area (Å²) in [6, 6.07) is 9.35. The summed E-state index contributed by atoms with van der Waals surface area (Å²) >= 11 is 5.43. The van der Waals surface area contributed by atoms with Crippen LogP contribution < -0.4 is 5.32 Å². The Morgan fingerprint density at radius 1 is 1.41 bits per heavy atom. The quantitative estimate of drug-likeness (QED) is 0.483. The minimum absolute atomic E-state index is 0.0355. The maximum absolute atomic E-state index is 11.2. The first kappa shape index (κ1) is 13.3. The van der Waals surface area contributed by atoms with Gasteiger partial charge in [0.05, 0.1) is 0 Å². The van der Waals surface area contributed by atoms with Gasteiger partial charge in [0, 0.05) is 13.0 Å². The zero-order valence-electron chi connectivity index (χ0n) is 9.10. The Bertz CT molecular complexity index is 382. The number of amides is 1. The normalized spacial score (nSPS) is 11.0. The molecule has 1 rings (SSSR count). The van der Waals surface area contributed by atoms with E-state index in [-0.39, 0.29) is 24.7 Å². The third-order valence-electron chi connectivity index (χ3n) is 1.92. The highest BCUT2D eigenvalue weighted by atomic mass is 35.5. The zero-order valence-corrected chi connectivity index (χ0v) is 9.85. The van der Waals surface area contributed by atoms with E-state index in [0.29, 0.717) is 0 Å². The summed E-state index contributed by atoms with van der Waals surface area (Å²) < 4.78 is 4.95. The number of ether oxygens (including phenoxy) is 1. The van der Waals surface area contributed by atoms with E-state index in [0.717, 1.165) is 5.56 Å². The monoisotopic (exact) mass is 256 g/mol. The van der Waals surface area contributed by atoms with Crippen molar-refractivity contribution in [2.75, 3.05) is 6.54 Å². The van der Waals surface area contributed by atoms with Crippen molar-refractivity contribution in [3.8, 4) is 0 Å². The van der Waals surface area contributed by atoms with Crippen LogP contribution in [-0.2, 0) is 11.3 Å². The lowest BCUT2D eigenvalue weighted by atomic mass is 10.2. The first-order valence-corrected chi connectivity index (χ1v) is 5.41. The molecule has 6 heteroatoms. The minimum atomic E-state index is -0.531. The van der Waals surface area contributed by atoms with Crippen LogP contribution in [-0.4, -0.2) is 23.0 Å². The van der Waals surface area contributed by atoms with Crippen molar-refractivity contribution < 1.29 is 14.7 Å². The number of hydrogen-bond donors (Lipinski definition) is 2. The van der Waals surface area contributed by atoms with Gasteiger partial charge in [-0.3, -0.25) is 0 Å². The minimum Gasteiger partial charge on any atom is -0.445 e. The number of oxime groups is 1. The SMILES string of the molecule is O=C(NCC/C(Cl)=N\O)OCc1ccccc1. The number of carbonyl (C=O) groups excluding carboxylic acids is 1. The fourth-order valence-electron chi connectivity index (χ4n) is 1.09. The van der Waals surface area contributed by atoms with E-state index in [1.807, 2.05) is 30.3 Å². The maximum Gasteiger partial charge on any atom is 0.407 e. The van der Waals surface area contributed by atoms with Crippen LogP contribution in [0.3, 0.4) is 0 Å². The lowest BCUT2D eigenvalue weighted by Gasteiger charge is -2.06. The first-order chi connectivity index (χ1) is 8.22. The van der Waals surface area contributed by atoms with Crippen LogP contribution in [0.1, 0.15) is 12.0 Å². The molecule has 0 saturated heterocycles. The molecule has 0 bridgehead atoms. The third kappa shape index (κ3) is 5.77. The molecule has 0 aliphatic heterocycles. The predicted octanol–water partition coefficient (Wildman–Crippen LogP) is 2.33. The molecule has 0 saturated carbocycles. The van der Waals surface area contributed by atoms with E-state index < -0.39 is 6.09 Å². The van der Waals surface area contributed by atoms with Gasteiger partial charge in [0.25, 0.3) is 0 Å². The molecular formula is C11H13ClN2O3. The second-order valence-electron chi connectivity index (χ2n) is 3.21. The Morgan fingerprint density at radius 2 is 2.12 bits per heavy atom. The van der Waals surface area contributed by atoms with Gasteiger partial charge in [0.15, 0.2) is 0 Å². The lowest BCUT2D eigenvalue weighted by molar-refractivity contribution is 0.140. The molecule has 2 N–H and O–H groups in total. The average molecular weight is 257 g/mol. The molecule has 92 valence electrons. The van der Waals surface area contributed by atoms with E-state index in [4.69, 9.17) is 21.5 Å². The lowest BCUT2D eigenvalue weighted by Crippen LogP contribution is -2.26. The Morgan fingerprint density at radius 3 is 2.76 bits per heavy atom. The van der Waals surface area contributed by atoms with E-state index in [1.165, 1.54) is 0 Å². The summed E-state index contributed by atoms with van der Waals surface area (Å²) in [5.74, 6) is 0. The highest BCUT2D eigenvalue weighted by Gasteiger charge is 2.02. The largest absolute Gasteiger partial charge is 0.445 e. The maximum atomic E-state index is 11.2. The summed E-state index contributed by atoms with van der Waals surface area (Å²) in [7, 11) is 0. The number of nitrogens with zero attached hydrogens (tertiary/aromatic N) is 1. The number of halogens is 1. The van der Waals surface area contributed by atoms with Crippen molar-refractivity contribution in [1.82, 2.24) is 5.32 Å². The Hall–Kier alpha value is -1.75. The summed E-state index contributed by atoms with van der Waals surface area (Å²) in [4.78, 5) is 11.2. The summed E-state index contributed by atoms with van der Waals surface area (Å²) in [6.07, 6.45) is -0.269. The van der Waals surface area contributed by atoms with Gasteiger partial charge in [-0.1, -0.05) is 47.1 Å². The zero-order chi connectivity index (χ0) is 12.5. The van der Waals surface area contributed by atoms with Crippen molar-refractivity contribution in [3.63, 3.8) is 0 Å². The Balaban J connectivity index is 2.18. The standard InChI is InChI=1S/C11H13ClN2O3/c12-10(14-16)6-7-13-11(15)17-8-9-4-2-1-3-5-9/h1-5,16H,6-8H2,(H,13,15)/b14-10+. The van der Waals surface area contributed by atoms with Gasteiger partial charge in [0.1, 0.15) is 11.8 Å². The van der Waals surface area contributed by atoms with Gasteiger partial charge in [-0.05, 0) is 5.56 Å². The number of rotatable bonds is 5. The molecule has 1 aromatic rings. The van der Waals surface area contributed by atoms with Gasteiger partial charge >= 0.3 is 6.09 Å². The second-order valence-corrected chi connectivity index (χ2v) is 3.65. The molecule has 1 aromatic carbocycles. The molecule has 0 aliphatic rings. The Kier molecular flexibility index (Phi) is 5.88. The van der Waals surface area contributed by atoms with Crippen molar-refractivity contribution in [1.29, 1.82) is 0 Å². The second kappa shape index (κ2) is 7.51. The molecule has 1 amide bonds. The molecule has 0 atom stereocenters. The number of benzene rings is 1. The fraction of sp³-hybridized carbons (Fsp3) is 0.273. The van der Waals surface area contributed by atoms with Crippen LogP contribution in [0.25, 0.3) is 0 Å². The van der Waals surface area contributed by atoms with Gasteiger partial charge < -0.3 is 15.3 Å². The first-order valence-electron chi connectivity index (χ1n) is 5.03. The summed E-state index contributed by atoms with van der Waals surface area (Å²) in [5, 5.41) is 13.5. The van der Waals surface area contributed by atoms with Gasteiger partial charge in [-0.25, -0.2) is 4.79 Å². The van der Waals surface area contributed by atoms with E-state index in [9.17, 15) is 4.79 Å². The van der Waals surface area contributed by atoms with Crippen LogP contribution in [0.4, 0.5) is 4.79 Å². The molecule has 0 spiro atoms. The van der Waals surface area contributed by atoms with Crippen LogP contribution in [0.15, 0.2) is 35.5 Å². The van der Waals surface area contributed by atoms with Crippen LogP contribution in [0, 0.1) is 0 Å². The molecule has 0 aliphatic carbocycles. The number of alkyl carbamates (subject to hydrolysis) is 1. The highest BCUT2D eigenvalue weighted by molar-refractivity contribution is 6.65. The average Bonchev–Trinajstić information content (AvgIpc) is 2.37. The third-order valence-corrected chi connectivity index (χ3v) is 2.19. The Labute approximate surface area is 104 Å². The van der Waals surface area contributed by atoms with Crippen LogP contribution >= 0.6 is 11.6 Å². The van der Waals surface area contributed by atoms with E-state index in [2.05, 4.69) is 10.5 Å². The van der Waals surface area contributed by atoms with Crippen LogP contribution in [0.5, 0.6) is 0 Å². The van der Waals surface area contributed by atoms with E-state index >= 15 is 0 Å². The topological polar surface area (TPSA) is 70.9 Å². The number of hydrogen-bond acceptors (Lipinski definition) is 4. The van der Waals surface area contributed by atoms with Gasteiger partial charge in [-0.15, -0.1) is 0 Å². The molecule has 0 heterocycles. The van der Waals surface area contributed by atoms with Crippen molar-refractivity contribution >= 4 is 22.9 Å². The fourth-order valence-corrected chi connectivity index (χ4v) is 1.19. The summed E-state index contributed by atoms with van der Waals surface area (Å²) in [6.45, 7) is 0.477.